The molecule has 2 aromatic carbocycles. The normalized spacial score (nSPS) is 12.0. The number of Topliss-reactive ketones (excluding diaryl/α,β-unsaturated/α-hetero) is 1. The van der Waals surface area contributed by atoms with Crippen LogP contribution < -0.4 is 14.8 Å². The second-order valence-electron chi connectivity index (χ2n) is 6.65. The summed E-state index contributed by atoms with van der Waals surface area (Å²) < 4.78 is 37.0. The lowest BCUT2D eigenvalue weighted by molar-refractivity contribution is -0.144. The summed E-state index contributed by atoms with van der Waals surface area (Å²) in [7, 11) is -2.52. The number of ether oxygens (including phenoxy) is 2. The average molecular weight is 481 g/mol. The van der Waals surface area contributed by atoms with Crippen LogP contribution in [0.3, 0.4) is 0 Å². The Morgan fingerprint density at radius 1 is 1.09 bits per heavy atom. The number of hydrogen-bond donors (Lipinski definition) is 2. The number of esters is 1. The van der Waals surface area contributed by atoms with E-state index in [0.717, 1.165) is 4.90 Å². The standard InChI is InChI=1S/C21H24N2O7S2/c1-13(23-32(27,28)17-8-6-16(29-3)7-9-17)21(26)30-12-19(25)15-5-10-20(31-4)18(11-15)22-14(2)24/h5-11,13,23H,12H2,1-4H3,(H,22,24)/t13-/m0/s1. The molecule has 2 aromatic rings. The number of ketones is 1. The van der Waals surface area contributed by atoms with E-state index in [1.54, 1.807) is 12.1 Å². The van der Waals surface area contributed by atoms with Crippen molar-refractivity contribution in [1.82, 2.24) is 4.72 Å². The third-order valence-electron chi connectivity index (χ3n) is 4.23. The number of carbonyl (C=O) groups excluding carboxylic acids is 3. The number of amides is 1. The van der Waals surface area contributed by atoms with Crippen LogP contribution in [-0.2, 0) is 24.3 Å². The van der Waals surface area contributed by atoms with Crippen LogP contribution in [0.4, 0.5) is 5.69 Å². The minimum absolute atomic E-state index is 0.0478. The van der Waals surface area contributed by atoms with Gasteiger partial charge >= 0.3 is 5.97 Å². The lowest BCUT2D eigenvalue weighted by Gasteiger charge is -2.14. The molecule has 1 amide bonds. The highest BCUT2D eigenvalue weighted by Crippen LogP contribution is 2.26. The molecule has 0 aliphatic rings. The Bertz CT molecular complexity index is 1100. The Balaban J connectivity index is 2.00. The van der Waals surface area contributed by atoms with Crippen LogP contribution in [0.15, 0.2) is 52.3 Å². The molecule has 1 atom stereocenters. The number of anilines is 1. The molecule has 0 spiro atoms. The van der Waals surface area contributed by atoms with Crippen LogP contribution in [-0.4, -0.2) is 52.1 Å². The number of benzene rings is 2. The quantitative estimate of drug-likeness (QED) is 0.302. The molecule has 0 unspecified atom stereocenters. The molecule has 0 saturated carbocycles. The van der Waals surface area contributed by atoms with Crippen LogP contribution in [0.2, 0.25) is 0 Å². The van der Waals surface area contributed by atoms with E-state index in [-0.39, 0.29) is 16.4 Å². The van der Waals surface area contributed by atoms with Crippen molar-refractivity contribution in [2.24, 2.45) is 0 Å². The summed E-state index contributed by atoms with van der Waals surface area (Å²) in [5.74, 6) is -1.20. The fraction of sp³-hybridized carbons (Fsp3) is 0.286. The number of carbonyl (C=O) groups is 3. The molecule has 2 rings (SSSR count). The molecule has 0 aliphatic carbocycles. The molecule has 11 heteroatoms. The molecule has 0 bridgehead atoms. The van der Waals surface area contributed by atoms with Crippen LogP contribution in [0.5, 0.6) is 5.75 Å². The number of nitrogens with one attached hydrogen (secondary N) is 2. The summed E-state index contributed by atoms with van der Waals surface area (Å²) in [6.45, 7) is 2.09. The molecular weight excluding hydrogens is 456 g/mol. The lowest BCUT2D eigenvalue weighted by atomic mass is 10.1. The first kappa shape index (κ1) is 25.4. The maximum absolute atomic E-state index is 12.4. The molecule has 0 radical (unpaired) electrons. The smallest absolute Gasteiger partial charge is 0.324 e. The van der Waals surface area contributed by atoms with Gasteiger partial charge in [-0.25, -0.2) is 8.42 Å². The monoisotopic (exact) mass is 480 g/mol. The maximum Gasteiger partial charge on any atom is 0.324 e. The lowest BCUT2D eigenvalue weighted by Crippen LogP contribution is -2.40. The molecular formula is C21H24N2O7S2. The highest BCUT2D eigenvalue weighted by molar-refractivity contribution is 7.98. The second kappa shape index (κ2) is 11.1. The summed E-state index contributed by atoms with van der Waals surface area (Å²) >= 11 is 1.40. The molecule has 0 aromatic heterocycles. The third-order valence-corrected chi connectivity index (χ3v) is 6.59. The van der Waals surface area contributed by atoms with Crippen LogP contribution in [0.25, 0.3) is 0 Å². The Labute approximate surface area is 190 Å². The van der Waals surface area contributed by atoms with Crippen molar-refractivity contribution >= 4 is 45.1 Å². The second-order valence-corrected chi connectivity index (χ2v) is 9.21. The van der Waals surface area contributed by atoms with E-state index in [2.05, 4.69) is 10.0 Å². The molecule has 9 nitrogen and oxygen atoms in total. The van der Waals surface area contributed by atoms with Crippen molar-refractivity contribution in [3.63, 3.8) is 0 Å². The predicted octanol–water partition coefficient (Wildman–Crippen LogP) is 2.47. The molecule has 172 valence electrons. The Kier molecular flexibility index (Phi) is 8.81. The Morgan fingerprint density at radius 2 is 1.75 bits per heavy atom. The summed E-state index contributed by atoms with van der Waals surface area (Å²) in [6, 6.07) is 9.16. The van der Waals surface area contributed by atoms with E-state index >= 15 is 0 Å². The Hall–Kier alpha value is -2.89. The van der Waals surface area contributed by atoms with Gasteiger partial charge in [0.1, 0.15) is 11.8 Å². The van der Waals surface area contributed by atoms with Gasteiger partial charge in [0.05, 0.1) is 17.7 Å². The largest absolute Gasteiger partial charge is 0.497 e. The highest BCUT2D eigenvalue weighted by atomic mass is 32.2. The van der Waals surface area contributed by atoms with E-state index in [4.69, 9.17) is 9.47 Å². The summed E-state index contributed by atoms with van der Waals surface area (Å²) in [5.41, 5.74) is 0.716. The van der Waals surface area contributed by atoms with Gasteiger partial charge < -0.3 is 14.8 Å². The van der Waals surface area contributed by atoms with Crippen molar-refractivity contribution in [2.45, 2.75) is 29.7 Å². The summed E-state index contributed by atoms with van der Waals surface area (Å²) in [5, 5.41) is 2.65. The minimum Gasteiger partial charge on any atom is -0.497 e. The van der Waals surface area contributed by atoms with E-state index in [1.165, 1.54) is 63.1 Å². The number of sulfonamides is 1. The third kappa shape index (κ3) is 6.81. The van der Waals surface area contributed by atoms with E-state index in [9.17, 15) is 22.8 Å². The van der Waals surface area contributed by atoms with Gasteiger partial charge in [-0.3, -0.25) is 14.4 Å². The summed E-state index contributed by atoms with van der Waals surface area (Å²) in [6.07, 6.45) is 1.83. The van der Waals surface area contributed by atoms with Crippen molar-refractivity contribution in [3.8, 4) is 5.75 Å². The molecule has 0 fully saturated rings. The van der Waals surface area contributed by atoms with Crippen molar-refractivity contribution in [1.29, 1.82) is 0 Å². The Morgan fingerprint density at radius 3 is 2.31 bits per heavy atom. The van der Waals surface area contributed by atoms with Gasteiger partial charge in [-0.05, 0) is 49.6 Å². The SMILES string of the molecule is COc1ccc(S(=O)(=O)N[C@@H](C)C(=O)OCC(=O)c2ccc(SC)c(NC(C)=O)c2)cc1. The number of rotatable bonds is 10. The van der Waals surface area contributed by atoms with Gasteiger partial charge in [0.25, 0.3) is 0 Å². The highest BCUT2D eigenvalue weighted by Gasteiger charge is 2.24. The fourth-order valence-electron chi connectivity index (χ4n) is 2.62. The maximum atomic E-state index is 12.4. The van der Waals surface area contributed by atoms with E-state index in [0.29, 0.717) is 11.4 Å². The zero-order valence-electron chi connectivity index (χ0n) is 18.0. The van der Waals surface area contributed by atoms with Gasteiger partial charge in [-0.15, -0.1) is 11.8 Å². The van der Waals surface area contributed by atoms with E-state index < -0.39 is 34.4 Å². The van der Waals surface area contributed by atoms with Gasteiger partial charge in [0, 0.05) is 17.4 Å². The number of hydrogen-bond acceptors (Lipinski definition) is 8. The zero-order chi connectivity index (χ0) is 23.9. The van der Waals surface area contributed by atoms with Gasteiger partial charge in [-0.2, -0.15) is 4.72 Å². The first-order chi connectivity index (χ1) is 15.1. The summed E-state index contributed by atoms with van der Waals surface area (Å²) in [4.78, 5) is 36.7. The topological polar surface area (TPSA) is 128 Å². The first-order valence-corrected chi connectivity index (χ1v) is 12.1. The molecule has 32 heavy (non-hydrogen) atoms. The minimum atomic E-state index is -3.98. The van der Waals surface area contributed by atoms with Crippen LogP contribution in [0.1, 0.15) is 24.2 Å². The van der Waals surface area contributed by atoms with E-state index in [1.807, 2.05) is 6.26 Å². The van der Waals surface area contributed by atoms with Crippen LogP contribution in [0, 0.1) is 0 Å². The number of thioether (sulfide) groups is 1. The average Bonchev–Trinajstić information content (AvgIpc) is 2.76. The van der Waals surface area contributed by atoms with Gasteiger partial charge in [-0.1, -0.05) is 6.07 Å². The van der Waals surface area contributed by atoms with Gasteiger partial charge in [0.2, 0.25) is 15.9 Å². The van der Waals surface area contributed by atoms with Crippen molar-refractivity contribution in [2.75, 3.05) is 25.3 Å². The molecule has 0 aliphatic heterocycles. The molecule has 0 saturated heterocycles. The number of methoxy groups -OCH3 is 1. The van der Waals surface area contributed by atoms with Crippen molar-refractivity contribution < 1.29 is 32.3 Å². The fourth-order valence-corrected chi connectivity index (χ4v) is 4.34. The van der Waals surface area contributed by atoms with Gasteiger partial charge in [0.15, 0.2) is 12.4 Å². The molecule has 2 N–H and O–H groups in total. The first-order valence-electron chi connectivity index (χ1n) is 9.39. The van der Waals surface area contributed by atoms with Crippen LogP contribution >= 0.6 is 11.8 Å². The molecule has 0 heterocycles. The predicted molar refractivity (Wildman–Crippen MR) is 121 cm³/mol. The van der Waals surface area contributed by atoms with Crippen molar-refractivity contribution in [3.05, 3.63) is 48.0 Å². The zero-order valence-corrected chi connectivity index (χ0v) is 19.6.